The number of carbonyl (C=O) groups is 1. The second kappa shape index (κ2) is 23.8. The first kappa shape index (κ1) is 38.4. The van der Waals surface area contributed by atoms with Crippen molar-refractivity contribution in [1.82, 2.24) is 5.06 Å². The summed E-state index contributed by atoms with van der Waals surface area (Å²) in [5, 5.41) is 11.0. The van der Waals surface area contributed by atoms with Gasteiger partial charge in [0.05, 0.1) is 6.61 Å². The highest BCUT2D eigenvalue weighted by Gasteiger charge is 2.46. The molecule has 244 valence electrons. The maximum Gasteiger partial charge on any atom is 0.303 e. The minimum absolute atomic E-state index is 0.129. The topological polar surface area (TPSA) is 49.8 Å². The summed E-state index contributed by atoms with van der Waals surface area (Å²) < 4.78 is 0. The van der Waals surface area contributed by atoms with Gasteiger partial charge in [-0.2, -0.15) is 5.06 Å². The second-order valence-corrected chi connectivity index (χ2v) is 14.7. The Hall–Kier alpha value is -0.610. The minimum atomic E-state index is -0.652. The summed E-state index contributed by atoms with van der Waals surface area (Å²) in [6.45, 7) is 12.7. The smallest absolute Gasteiger partial charge is 0.303 e. The van der Waals surface area contributed by atoms with Gasteiger partial charge in [-0.25, -0.2) is 0 Å². The fourth-order valence-corrected chi connectivity index (χ4v) is 7.42. The lowest BCUT2D eigenvalue weighted by molar-refractivity contribution is -0.288. The van der Waals surface area contributed by atoms with Gasteiger partial charge in [0.15, 0.2) is 0 Å². The SMILES string of the molecule is CCCCCCON1C(C)(C)CC(CCCCCCCCCCCCCCCCCCCCCC(=O)O)CC1(C)C. The fourth-order valence-electron chi connectivity index (χ4n) is 7.42. The van der Waals surface area contributed by atoms with Crippen molar-refractivity contribution in [2.45, 2.75) is 219 Å². The zero-order chi connectivity index (χ0) is 30.2. The first-order chi connectivity index (χ1) is 19.7. The molecule has 41 heavy (non-hydrogen) atoms. The highest BCUT2D eigenvalue weighted by Crippen LogP contribution is 2.43. The molecule has 0 unspecified atom stereocenters. The lowest BCUT2D eigenvalue weighted by Crippen LogP contribution is -2.60. The molecule has 0 radical (unpaired) electrons. The lowest BCUT2D eigenvalue weighted by Gasteiger charge is -2.54. The molecule has 0 aliphatic carbocycles. The van der Waals surface area contributed by atoms with Gasteiger partial charge in [-0.1, -0.05) is 148 Å². The average molecular weight is 580 g/mol. The monoisotopic (exact) mass is 580 g/mol. The van der Waals surface area contributed by atoms with E-state index in [-0.39, 0.29) is 11.1 Å². The van der Waals surface area contributed by atoms with Crippen molar-refractivity contribution in [3.63, 3.8) is 0 Å². The largest absolute Gasteiger partial charge is 0.481 e. The predicted molar refractivity (Wildman–Crippen MR) is 177 cm³/mol. The van der Waals surface area contributed by atoms with Crippen molar-refractivity contribution >= 4 is 5.97 Å². The van der Waals surface area contributed by atoms with Crippen LogP contribution in [0.4, 0.5) is 0 Å². The molecule has 0 aromatic rings. The molecule has 1 rings (SSSR count). The van der Waals surface area contributed by atoms with Crippen molar-refractivity contribution in [2.75, 3.05) is 6.61 Å². The Balaban J connectivity index is 1.91. The summed E-state index contributed by atoms with van der Waals surface area (Å²) in [4.78, 5) is 16.9. The Labute approximate surface area is 257 Å². The van der Waals surface area contributed by atoms with Gasteiger partial charge in [-0.05, 0) is 59.3 Å². The first-order valence-corrected chi connectivity index (χ1v) is 18.3. The van der Waals surface area contributed by atoms with Gasteiger partial charge in [0.1, 0.15) is 0 Å². The Bertz CT molecular complexity index is 599. The number of rotatable bonds is 28. The van der Waals surface area contributed by atoms with Gasteiger partial charge in [0, 0.05) is 17.5 Å². The maximum atomic E-state index is 10.5. The third kappa shape index (κ3) is 20.1. The van der Waals surface area contributed by atoms with Crippen LogP contribution >= 0.6 is 0 Å². The Morgan fingerprint density at radius 1 is 0.610 bits per heavy atom. The molecule has 1 fully saturated rings. The molecule has 1 heterocycles. The first-order valence-electron chi connectivity index (χ1n) is 18.3. The van der Waals surface area contributed by atoms with Gasteiger partial charge in [-0.15, -0.1) is 0 Å². The number of carboxylic acid groups (broad SMARTS) is 1. The molecule has 1 aliphatic rings. The quantitative estimate of drug-likeness (QED) is 0.0936. The van der Waals surface area contributed by atoms with E-state index in [2.05, 4.69) is 39.7 Å². The van der Waals surface area contributed by atoms with Crippen LogP contribution in [0.15, 0.2) is 0 Å². The molecular weight excluding hydrogens is 506 g/mol. The molecule has 0 spiro atoms. The number of aliphatic carboxylic acids is 1. The van der Waals surface area contributed by atoms with E-state index in [1.807, 2.05) is 0 Å². The summed E-state index contributed by atoms with van der Waals surface area (Å²) in [5.74, 6) is 0.183. The molecule has 4 nitrogen and oxygen atoms in total. The van der Waals surface area contributed by atoms with E-state index in [1.165, 1.54) is 154 Å². The van der Waals surface area contributed by atoms with E-state index < -0.39 is 5.97 Å². The van der Waals surface area contributed by atoms with Gasteiger partial charge >= 0.3 is 5.97 Å². The zero-order valence-corrected chi connectivity index (χ0v) is 28.6. The minimum Gasteiger partial charge on any atom is -0.481 e. The number of nitrogens with zero attached hydrogens (tertiary/aromatic N) is 1. The fraction of sp³-hybridized carbons (Fsp3) is 0.973. The van der Waals surface area contributed by atoms with E-state index in [9.17, 15) is 4.79 Å². The molecular formula is C37H73NO3. The molecule has 4 heteroatoms. The summed E-state index contributed by atoms with van der Waals surface area (Å²) >= 11 is 0. The van der Waals surface area contributed by atoms with Crippen LogP contribution in [0.5, 0.6) is 0 Å². The maximum absolute atomic E-state index is 10.5. The molecule has 0 saturated carbocycles. The van der Waals surface area contributed by atoms with E-state index in [1.54, 1.807) is 0 Å². The van der Waals surface area contributed by atoms with Crippen LogP contribution in [-0.4, -0.2) is 33.8 Å². The van der Waals surface area contributed by atoms with Crippen molar-refractivity contribution in [2.24, 2.45) is 5.92 Å². The second-order valence-electron chi connectivity index (χ2n) is 14.7. The number of piperidine rings is 1. The lowest BCUT2D eigenvalue weighted by atomic mass is 9.73. The summed E-state index contributed by atoms with van der Waals surface area (Å²) in [6, 6.07) is 0. The van der Waals surface area contributed by atoms with Crippen LogP contribution in [0.3, 0.4) is 0 Å². The van der Waals surface area contributed by atoms with Gasteiger partial charge < -0.3 is 5.11 Å². The van der Waals surface area contributed by atoms with Gasteiger partial charge in [0.2, 0.25) is 0 Å². The molecule has 0 aromatic heterocycles. The number of hydrogen-bond acceptors (Lipinski definition) is 3. The molecule has 0 atom stereocenters. The third-order valence-corrected chi connectivity index (χ3v) is 9.40. The molecule has 0 bridgehead atoms. The molecule has 1 N–H and O–H groups in total. The van der Waals surface area contributed by atoms with Crippen LogP contribution in [0.25, 0.3) is 0 Å². The molecule has 1 saturated heterocycles. The van der Waals surface area contributed by atoms with E-state index in [4.69, 9.17) is 9.94 Å². The Kier molecular flexibility index (Phi) is 22.3. The number of carboxylic acids is 1. The van der Waals surface area contributed by atoms with Gasteiger partial charge in [-0.3, -0.25) is 9.63 Å². The number of hydroxylamine groups is 2. The van der Waals surface area contributed by atoms with E-state index in [0.29, 0.717) is 6.42 Å². The summed E-state index contributed by atoms with van der Waals surface area (Å²) in [7, 11) is 0. The molecule has 0 aromatic carbocycles. The number of hydrogen-bond donors (Lipinski definition) is 1. The van der Waals surface area contributed by atoms with Crippen LogP contribution < -0.4 is 0 Å². The third-order valence-electron chi connectivity index (χ3n) is 9.40. The van der Waals surface area contributed by atoms with E-state index >= 15 is 0 Å². The highest BCUT2D eigenvalue weighted by molar-refractivity contribution is 5.66. The average Bonchev–Trinajstić information content (AvgIpc) is 2.90. The molecule has 1 aliphatic heterocycles. The molecule has 0 amide bonds. The standard InChI is InChI=1S/C37H73NO3/c1-6-7-8-28-31-41-38-36(2,3)32-34(33-37(38,4)5)29-26-24-22-20-18-16-14-12-10-9-11-13-15-17-19-21-23-25-27-30-35(39)40/h34H,6-33H2,1-5H3,(H,39,40). The normalized spacial score (nSPS) is 17.3. The van der Waals surface area contributed by atoms with Crippen molar-refractivity contribution < 1.29 is 14.7 Å². The summed E-state index contributed by atoms with van der Waals surface area (Å²) in [5.41, 5.74) is 0.257. The van der Waals surface area contributed by atoms with Crippen LogP contribution in [0.2, 0.25) is 0 Å². The summed E-state index contributed by atoms with van der Waals surface area (Å²) in [6.07, 6.45) is 34.9. The number of unbranched alkanes of at least 4 members (excludes halogenated alkanes) is 21. The van der Waals surface area contributed by atoms with Gasteiger partial charge in [0.25, 0.3) is 0 Å². The Morgan fingerprint density at radius 3 is 1.37 bits per heavy atom. The van der Waals surface area contributed by atoms with E-state index in [0.717, 1.165) is 25.4 Å². The van der Waals surface area contributed by atoms with Crippen molar-refractivity contribution in [3.05, 3.63) is 0 Å². The van der Waals surface area contributed by atoms with Crippen LogP contribution in [0, 0.1) is 5.92 Å². The predicted octanol–water partition coefficient (Wildman–Crippen LogP) is 12.0. The van der Waals surface area contributed by atoms with Crippen molar-refractivity contribution in [3.8, 4) is 0 Å². The van der Waals surface area contributed by atoms with Crippen molar-refractivity contribution in [1.29, 1.82) is 0 Å². The Morgan fingerprint density at radius 2 is 0.976 bits per heavy atom. The highest BCUT2D eigenvalue weighted by atomic mass is 16.7. The van der Waals surface area contributed by atoms with Crippen LogP contribution in [-0.2, 0) is 9.63 Å². The van der Waals surface area contributed by atoms with Crippen LogP contribution in [0.1, 0.15) is 208 Å². The zero-order valence-electron chi connectivity index (χ0n) is 28.6.